The quantitative estimate of drug-likeness (QED) is 0.0691. The van der Waals surface area contributed by atoms with Crippen LogP contribution in [-0.4, -0.2) is 50.1 Å². The van der Waals surface area contributed by atoms with Crippen molar-refractivity contribution in [1.29, 1.82) is 0 Å². The molecule has 0 unspecified atom stereocenters. The van der Waals surface area contributed by atoms with Crippen LogP contribution >= 0.6 is 62.4 Å². The lowest BCUT2D eigenvalue weighted by atomic mass is 10.2. The Balaban J connectivity index is 1.26. The van der Waals surface area contributed by atoms with E-state index in [2.05, 4.69) is 52.2 Å². The fourth-order valence-corrected chi connectivity index (χ4v) is 5.87. The van der Waals surface area contributed by atoms with Gasteiger partial charge >= 0.3 is 0 Å². The van der Waals surface area contributed by atoms with Gasteiger partial charge in [0, 0.05) is 20.8 Å². The predicted octanol–water partition coefficient (Wildman–Crippen LogP) is 4.74. The molecule has 2 aromatic heterocycles. The van der Waals surface area contributed by atoms with Crippen LogP contribution in [0.3, 0.4) is 0 Å². The lowest BCUT2D eigenvalue weighted by molar-refractivity contribution is -0.113. The minimum Gasteiger partial charge on any atom is -0.496 e. The van der Waals surface area contributed by atoms with Crippen molar-refractivity contribution in [1.82, 2.24) is 25.1 Å². The molecule has 16 heteroatoms. The number of thioether (sulfide) groups is 2. The van der Waals surface area contributed by atoms with Crippen molar-refractivity contribution in [2.24, 2.45) is 5.10 Å². The van der Waals surface area contributed by atoms with Crippen LogP contribution in [0.4, 0.5) is 11.1 Å². The molecule has 0 aliphatic carbocycles. The molecular formula is C21H19BrClN9O2S3. The Morgan fingerprint density at radius 2 is 2.08 bits per heavy atom. The fraction of sp³-hybridized carbons (Fsp3) is 0.143. The predicted molar refractivity (Wildman–Crippen MR) is 152 cm³/mol. The van der Waals surface area contributed by atoms with E-state index in [9.17, 15) is 4.79 Å². The van der Waals surface area contributed by atoms with Crippen LogP contribution < -0.4 is 21.3 Å². The number of nitrogen functional groups attached to an aromatic ring is 1. The average molecular weight is 641 g/mol. The molecule has 0 aliphatic heterocycles. The third-order valence-electron chi connectivity index (χ3n) is 4.52. The summed E-state index contributed by atoms with van der Waals surface area (Å²) in [6, 6.07) is 13.2. The molecule has 4 rings (SSSR count). The number of rotatable bonds is 11. The number of carbonyl (C=O) groups excluding carboxylic acids is 1. The molecule has 0 atom stereocenters. The lowest BCUT2D eigenvalue weighted by Crippen LogP contribution is -2.16. The number of nitrogens with one attached hydrogen (secondary N) is 2. The lowest BCUT2D eigenvalue weighted by Gasteiger charge is -2.05. The summed E-state index contributed by atoms with van der Waals surface area (Å²) in [5.74, 6) is 7.33. The Morgan fingerprint density at radius 1 is 1.24 bits per heavy atom. The van der Waals surface area contributed by atoms with Crippen LogP contribution in [0.15, 0.2) is 61.5 Å². The number of carbonyl (C=O) groups is 1. The number of hydrogen-bond acceptors (Lipinski definition) is 12. The van der Waals surface area contributed by atoms with Gasteiger partial charge in [-0.1, -0.05) is 80.6 Å². The van der Waals surface area contributed by atoms with Crippen molar-refractivity contribution in [2.45, 2.75) is 15.2 Å². The summed E-state index contributed by atoms with van der Waals surface area (Å²) < 4.78 is 8.13. The molecule has 2 heterocycles. The smallest absolute Gasteiger partial charge is 0.264 e. The highest BCUT2D eigenvalue weighted by atomic mass is 79.9. The molecule has 4 aromatic rings. The molecule has 2 aromatic carbocycles. The maximum atomic E-state index is 12.4. The molecule has 192 valence electrons. The maximum Gasteiger partial charge on any atom is 0.264 e. The number of amides is 1. The molecule has 0 aliphatic rings. The summed E-state index contributed by atoms with van der Waals surface area (Å²) in [5, 5.41) is 24.4. The number of ether oxygens (including phenoxy) is 1. The summed E-state index contributed by atoms with van der Waals surface area (Å²) >= 11 is 13.5. The first-order valence-electron chi connectivity index (χ1n) is 10.4. The molecular weight excluding hydrogens is 622 g/mol. The second kappa shape index (κ2) is 13.1. The van der Waals surface area contributed by atoms with Crippen LogP contribution in [0.25, 0.3) is 0 Å². The minimum atomic E-state index is -0.277. The number of halogens is 2. The van der Waals surface area contributed by atoms with E-state index in [0.717, 1.165) is 31.7 Å². The van der Waals surface area contributed by atoms with Gasteiger partial charge in [0.15, 0.2) is 4.34 Å². The highest BCUT2D eigenvalue weighted by molar-refractivity contribution is 9.10. The molecule has 0 spiro atoms. The van der Waals surface area contributed by atoms with E-state index < -0.39 is 0 Å². The van der Waals surface area contributed by atoms with Crippen molar-refractivity contribution in [3.8, 4) is 5.75 Å². The number of nitrogens with two attached hydrogens (primary N) is 1. The zero-order chi connectivity index (χ0) is 26.2. The van der Waals surface area contributed by atoms with Gasteiger partial charge in [-0.2, -0.15) is 5.10 Å². The van der Waals surface area contributed by atoms with E-state index >= 15 is 0 Å². The summed E-state index contributed by atoms with van der Waals surface area (Å²) in [5.41, 5.74) is 4.49. The Kier molecular flexibility index (Phi) is 9.62. The number of methoxy groups -OCH3 is 1. The topological polar surface area (TPSA) is 145 Å². The normalized spacial score (nSPS) is 11.1. The first-order chi connectivity index (χ1) is 17.9. The van der Waals surface area contributed by atoms with E-state index in [0.29, 0.717) is 26.8 Å². The first-order valence-corrected chi connectivity index (χ1v) is 14.3. The van der Waals surface area contributed by atoms with Crippen molar-refractivity contribution in [2.75, 3.05) is 29.4 Å². The second-order valence-corrected chi connectivity index (χ2v) is 11.5. The monoisotopic (exact) mass is 639 g/mol. The third-order valence-corrected chi connectivity index (χ3v) is 8.34. The zero-order valence-corrected chi connectivity index (χ0v) is 23.9. The van der Waals surface area contributed by atoms with Gasteiger partial charge < -0.3 is 10.6 Å². The first kappa shape index (κ1) is 27.2. The number of hydrazone groups is 1. The number of hydrogen-bond donors (Lipinski definition) is 3. The molecule has 1 amide bonds. The number of anilines is 2. The van der Waals surface area contributed by atoms with Crippen LogP contribution in [0.1, 0.15) is 11.1 Å². The van der Waals surface area contributed by atoms with Gasteiger partial charge in [-0.05, 0) is 29.8 Å². The van der Waals surface area contributed by atoms with Gasteiger partial charge in [0.25, 0.3) is 5.95 Å². The molecule has 0 bridgehead atoms. The number of nitrogens with zero attached hydrogens (tertiary/aromatic N) is 6. The highest BCUT2D eigenvalue weighted by Gasteiger charge is 2.14. The maximum absolute atomic E-state index is 12.4. The molecule has 11 nitrogen and oxygen atoms in total. The Labute approximate surface area is 237 Å². The Hall–Kier alpha value is -2.85. The van der Waals surface area contributed by atoms with Crippen LogP contribution in [0.5, 0.6) is 5.75 Å². The van der Waals surface area contributed by atoms with Gasteiger partial charge in [-0.3, -0.25) is 10.1 Å². The average Bonchev–Trinajstić information content (AvgIpc) is 3.48. The summed E-state index contributed by atoms with van der Waals surface area (Å²) in [6.45, 7) is 0. The number of aromatic nitrogens is 5. The molecule has 0 saturated heterocycles. The largest absolute Gasteiger partial charge is 0.496 e. The fourth-order valence-electron chi connectivity index (χ4n) is 2.78. The second-order valence-electron chi connectivity index (χ2n) is 7.02. The summed E-state index contributed by atoms with van der Waals surface area (Å²) in [6.07, 6.45) is 1.57. The molecule has 0 fully saturated rings. The molecule has 37 heavy (non-hydrogen) atoms. The van der Waals surface area contributed by atoms with Gasteiger partial charge in [0.2, 0.25) is 16.2 Å². The van der Waals surface area contributed by atoms with Crippen molar-refractivity contribution in [3.05, 3.63) is 63.1 Å². The van der Waals surface area contributed by atoms with Crippen LogP contribution in [0, 0.1) is 0 Å². The van der Waals surface area contributed by atoms with Crippen LogP contribution in [-0.2, 0) is 10.5 Å². The Bertz CT molecular complexity index is 1420. The van der Waals surface area contributed by atoms with Crippen molar-refractivity contribution in [3.63, 3.8) is 0 Å². The highest BCUT2D eigenvalue weighted by Crippen LogP contribution is 2.30. The van der Waals surface area contributed by atoms with E-state index in [4.69, 9.17) is 22.2 Å². The summed E-state index contributed by atoms with van der Waals surface area (Å²) in [7, 11) is 1.58. The molecule has 4 N–H and O–H groups in total. The van der Waals surface area contributed by atoms with Gasteiger partial charge in [0.05, 0.1) is 19.1 Å². The SMILES string of the molecule is COc1ccc(Br)cc1/C=N/Nc1nnc(SCC(=O)Nc2nnc(SCc3ccccc3Cl)s2)n1N. The third kappa shape index (κ3) is 7.58. The van der Waals surface area contributed by atoms with E-state index in [1.54, 1.807) is 13.3 Å². The van der Waals surface area contributed by atoms with E-state index in [1.807, 2.05) is 42.5 Å². The Morgan fingerprint density at radius 3 is 2.89 bits per heavy atom. The van der Waals surface area contributed by atoms with E-state index in [1.165, 1.54) is 27.8 Å². The molecule has 0 saturated carbocycles. The van der Waals surface area contributed by atoms with Gasteiger partial charge in [-0.15, -0.1) is 20.4 Å². The summed E-state index contributed by atoms with van der Waals surface area (Å²) in [4.78, 5) is 12.4. The van der Waals surface area contributed by atoms with Gasteiger partial charge in [-0.25, -0.2) is 10.1 Å². The zero-order valence-electron chi connectivity index (χ0n) is 19.1. The van der Waals surface area contributed by atoms with Gasteiger partial charge in [0.1, 0.15) is 5.75 Å². The van der Waals surface area contributed by atoms with Crippen LogP contribution in [0.2, 0.25) is 5.02 Å². The molecule has 0 radical (unpaired) electrons. The number of benzene rings is 2. The van der Waals surface area contributed by atoms with E-state index in [-0.39, 0.29) is 17.6 Å². The standard InChI is InChI=1S/C21H19BrClN9O2S3/c1-34-16-7-6-14(22)8-13(16)9-25-27-18-28-30-20(32(18)24)35-11-17(33)26-19-29-31-21(37-19)36-10-12-4-2-3-5-15(12)23/h2-9H,10-11,24H2,1H3,(H,27,28)(H,26,29,33)/b25-9+. The van der Waals surface area contributed by atoms with Crippen molar-refractivity contribution >= 4 is 85.6 Å². The minimum absolute atomic E-state index is 0.0511. The van der Waals surface area contributed by atoms with Crippen molar-refractivity contribution < 1.29 is 9.53 Å².